The van der Waals surface area contributed by atoms with Gasteiger partial charge in [-0.15, -0.1) is 0 Å². The molecule has 0 saturated heterocycles. The van der Waals surface area contributed by atoms with E-state index in [0.29, 0.717) is 36.8 Å². The molecule has 0 unspecified atom stereocenters. The summed E-state index contributed by atoms with van der Waals surface area (Å²) in [5.74, 6) is -3.04. The first-order valence-corrected chi connectivity index (χ1v) is 14.5. The number of rotatable bonds is 3. The maximum Gasteiger partial charge on any atom is 0.320 e. The largest absolute Gasteiger partial charge is 0.468 e. The van der Waals surface area contributed by atoms with Gasteiger partial charge in [-0.3, -0.25) is 24.0 Å². The molecule has 0 aromatic rings. The second-order valence-electron chi connectivity index (χ2n) is 13.4. The summed E-state index contributed by atoms with van der Waals surface area (Å²) in [5, 5.41) is 0. The zero-order valence-electron chi connectivity index (χ0n) is 24.6. The Balaban J connectivity index is 1.73. The molecule has 0 amide bonds. The summed E-state index contributed by atoms with van der Waals surface area (Å²) in [4.78, 5) is 69.3. The summed E-state index contributed by atoms with van der Waals surface area (Å²) in [5.41, 5.74) is -2.35. The summed E-state index contributed by atoms with van der Waals surface area (Å²) >= 11 is 0. The molecule has 5 rings (SSSR count). The van der Waals surface area contributed by atoms with Crippen LogP contribution in [-0.2, 0) is 33.4 Å². The van der Waals surface area contributed by atoms with E-state index in [9.17, 15) is 24.0 Å². The topological polar surface area (TPSA) is 104 Å². The van der Waals surface area contributed by atoms with Crippen LogP contribution in [0.4, 0.5) is 0 Å². The van der Waals surface area contributed by atoms with Gasteiger partial charge in [0.25, 0.3) is 0 Å². The molecule has 2 saturated carbocycles. The molecule has 0 radical (unpaired) electrons. The van der Waals surface area contributed by atoms with Gasteiger partial charge in [-0.2, -0.15) is 0 Å². The zero-order valence-corrected chi connectivity index (χ0v) is 24.6. The van der Waals surface area contributed by atoms with E-state index in [1.165, 1.54) is 14.2 Å². The van der Waals surface area contributed by atoms with Crippen molar-refractivity contribution >= 4 is 29.3 Å². The van der Waals surface area contributed by atoms with Crippen LogP contribution in [0, 0.1) is 51.2 Å². The van der Waals surface area contributed by atoms with Crippen molar-refractivity contribution in [3.63, 3.8) is 0 Å². The van der Waals surface area contributed by atoms with E-state index < -0.39 is 39.5 Å². The van der Waals surface area contributed by atoms with Gasteiger partial charge >= 0.3 is 11.9 Å². The minimum Gasteiger partial charge on any atom is -0.468 e. The van der Waals surface area contributed by atoms with Crippen LogP contribution in [0.3, 0.4) is 0 Å². The number of ether oxygens (including phenoxy) is 2. The molecule has 39 heavy (non-hydrogen) atoms. The Morgan fingerprint density at radius 2 is 1.28 bits per heavy atom. The van der Waals surface area contributed by atoms with E-state index in [2.05, 4.69) is 0 Å². The highest BCUT2D eigenvalue weighted by atomic mass is 16.5. The van der Waals surface area contributed by atoms with Crippen molar-refractivity contribution in [3.05, 3.63) is 22.8 Å². The Morgan fingerprint density at radius 3 is 1.85 bits per heavy atom. The number of carbonyl (C=O) groups is 5. The summed E-state index contributed by atoms with van der Waals surface area (Å²) in [7, 11) is 2.66. The molecule has 0 N–H and O–H groups in total. The van der Waals surface area contributed by atoms with Crippen LogP contribution in [-0.4, -0.2) is 43.5 Å². The number of carbonyl (C=O) groups excluding carboxylic acids is 5. The first kappa shape index (κ1) is 28.0. The average molecular weight is 539 g/mol. The first-order valence-electron chi connectivity index (χ1n) is 14.5. The SMILES string of the molecule is COC(=O)[C@]12C(=O)C=C([C@H]3CCC(=O)C4=C3C(=O)[C@]3(C(=O)OC)[C@@H](C)CC[C@]3(C)[C@H]4C)[C@H](C)[C@@]1(C)CC[C@@H]2C. The molecular weight excluding hydrogens is 496 g/mol. The second kappa shape index (κ2) is 8.71. The van der Waals surface area contributed by atoms with E-state index in [-0.39, 0.29) is 47.4 Å². The van der Waals surface area contributed by atoms with Crippen LogP contribution < -0.4 is 0 Å². The van der Waals surface area contributed by atoms with Gasteiger partial charge in [0.05, 0.1) is 14.2 Å². The van der Waals surface area contributed by atoms with Gasteiger partial charge in [0.1, 0.15) is 10.8 Å². The number of methoxy groups -OCH3 is 2. The van der Waals surface area contributed by atoms with Gasteiger partial charge < -0.3 is 9.47 Å². The second-order valence-corrected chi connectivity index (χ2v) is 13.4. The minimum absolute atomic E-state index is 0.0404. The predicted octanol–water partition coefficient (Wildman–Crippen LogP) is 4.82. The third kappa shape index (κ3) is 2.92. The van der Waals surface area contributed by atoms with Gasteiger partial charge in [-0.1, -0.05) is 47.1 Å². The lowest BCUT2D eigenvalue weighted by Crippen LogP contribution is -2.61. The fraction of sp³-hybridized carbons (Fsp3) is 0.719. The Labute approximate surface area is 231 Å². The molecular formula is C32H42O7. The molecule has 5 aliphatic carbocycles. The predicted molar refractivity (Wildman–Crippen MR) is 143 cm³/mol. The molecule has 0 spiro atoms. The molecule has 7 nitrogen and oxygen atoms in total. The van der Waals surface area contributed by atoms with Crippen molar-refractivity contribution in [2.45, 2.75) is 80.1 Å². The fourth-order valence-corrected chi connectivity index (χ4v) is 10.2. The average Bonchev–Trinajstić information content (AvgIpc) is 3.36. The molecule has 0 heterocycles. The summed E-state index contributed by atoms with van der Waals surface area (Å²) in [6.07, 6.45) is 5.01. The highest BCUT2D eigenvalue weighted by Gasteiger charge is 2.73. The van der Waals surface area contributed by atoms with Gasteiger partial charge in [0.15, 0.2) is 17.3 Å². The van der Waals surface area contributed by atoms with Crippen molar-refractivity contribution in [3.8, 4) is 0 Å². The lowest BCUT2D eigenvalue weighted by atomic mass is 9.46. The maximum absolute atomic E-state index is 14.8. The van der Waals surface area contributed by atoms with E-state index in [4.69, 9.17) is 9.47 Å². The van der Waals surface area contributed by atoms with Crippen LogP contribution in [0.5, 0.6) is 0 Å². The molecule has 7 heteroatoms. The molecule has 212 valence electrons. The van der Waals surface area contributed by atoms with E-state index in [1.807, 2.05) is 41.5 Å². The van der Waals surface area contributed by atoms with Crippen LogP contribution in [0.25, 0.3) is 0 Å². The molecule has 2 fully saturated rings. The summed E-state index contributed by atoms with van der Waals surface area (Å²) < 4.78 is 10.6. The van der Waals surface area contributed by atoms with Crippen molar-refractivity contribution in [1.82, 2.24) is 0 Å². The standard InChI is InChI=1S/C32H42O7/c1-16-11-13-29(5)18(3)21(15-23(34)31(16,29)27(36)38-7)20-9-10-22(33)24-19(4)30(6)14-12-17(2)32(30,28(37)39-8)26(35)25(20)24/h15-20H,9-14H2,1-8H3/t16-,17-,18-,19-,20+,29+,30+,31-,32-/m0/s1. The first-order chi connectivity index (χ1) is 18.2. The normalized spacial score (nSPS) is 45.4. The number of hydrogen-bond acceptors (Lipinski definition) is 7. The van der Waals surface area contributed by atoms with Crippen molar-refractivity contribution < 1.29 is 33.4 Å². The Morgan fingerprint density at radius 1 is 0.769 bits per heavy atom. The Bertz CT molecular complexity index is 1260. The van der Waals surface area contributed by atoms with Gasteiger partial charge in [0, 0.05) is 23.5 Å². The van der Waals surface area contributed by atoms with Crippen LogP contribution in [0.2, 0.25) is 0 Å². The number of Topliss-reactive ketones (excluding diaryl/α,β-unsaturated/α-hetero) is 2. The summed E-state index contributed by atoms with van der Waals surface area (Å²) in [6, 6.07) is 0. The molecule has 0 aromatic heterocycles. The van der Waals surface area contributed by atoms with Crippen molar-refractivity contribution in [2.24, 2.45) is 51.2 Å². The van der Waals surface area contributed by atoms with E-state index >= 15 is 0 Å². The highest BCUT2D eigenvalue weighted by Crippen LogP contribution is 2.69. The Hall–Kier alpha value is -2.57. The molecule has 9 atom stereocenters. The molecule has 5 aliphatic rings. The van der Waals surface area contributed by atoms with Crippen molar-refractivity contribution in [2.75, 3.05) is 14.2 Å². The zero-order chi connectivity index (χ0) is 28.9. The van der Waals surface area contributed by atoms with Gasteiger partial charge in [0.2, 0.25) is 0 Å². The Kier molecular flexibility index (Phi) is 6.25. The third-order valence-electron chi connectivity index (χ3n) is 12.6. The van der Waals surface area contributed by atoms with Crippen LogP contribution in [0.15, 0.2) is 22.8 Å². The number of hydrogen-bond donors (Lipinski definition) is 0. The van der Waals surface area contributed by atoms with Gasteiger partial charge in [-0.05, 0) is 72.7 Å². The summed E-state index contributed by atoms with van der Waals surface area (Å²) in [6.45, 7) is 11.9. The highest BCUT2D eigenvalue weighted by molar-refractivity contribution is 6.20. The maximum atomic E-state index is 14.8. The third-order valence-corrected chi connectivity index (χ3v) is 12.6. The van der Waals surface area contributed by atoms with Crippen molar-refractivity contribution in [1.29, 1.82) is 0 Å². The monoisotopic (exact) mass is 538 g/mol. The number of esters is 2. The van der Waals surface area contributed by atoms with Gasteiger partial charge in [-0.25, -0.2) is 0 Å². The lowest BCUT2D eigenvalue weighted by molar-refractivity contribution is -0.173. The molecule has 0 aliphatic heterocycles. The number of ketones is 3. The van der Waals surface area contributed by atoms with Crippen LogP contribution >= 0.6 is 0 Å². The molecule has 0 aromatic carbocycles. The fourth-order valence-electron chi connectivity index (χ4n) is 10.2. The smallest absolute Gasteiger partial charge is 0.320 e. The minimum atomic E-state index is -1.38. The molecule has 0 bridgehead atoms. The van der Waals surface area contributed by atoms with E-state index in [0.717, 1.165) is 12.0 Å². The number of fused-ring (bicyclic) bond motifs is 2. The van der Waals surface area contributed by atoms with Crippen LogP contribution in [0.1, 0.15) is 80.1 Å². The lowest BCUT2D eigenvalue weighted by Gasteiger charge is -2.54. The quantitative estimate of drug-likeness (QED) is 0.375. The van der Waals surface area contributed by atoms with E-state index in [1.54, 1.807) is 6.08 Å². The number of allylic oxidation sites excluding steroid dienone is 4.